The number of halogens is 2. The Hall–Kier alpha value is -1.60. The number of nitro groups is 1. The zero-order chi connectivity index (χ0) is 13.8. The molecule has 1 fully saturated rings. The number of hydrogen-bond donors (Lipinski definition) is 1. The number of nitro benzene ring substituents is 1. The lowest BCUT2D eigenvalue weighted by Crippen LogP contribution is -2.45. The predicted octanol–water partition coefficient (Wildman–Crippen LogP) is 1.65. The van der Waals surface area contributed by atoms with Crippen molar-refractivity contribution in [2.45, 2.75) is 6.04 Å². The molecule has 104 valence electrons. The maximum atomic E-state index is 13.3. The number of rotatable bonds is 4. The molecule has 0 spiro atoms. The second-order valence-corrected chi connectivity index (χ2v) is 4.42. The molecule has 1 heterocycles. The minimum Gasteiger partial charge on any atom is -0.314 e. The van der Waals surface area contributed by atoms with Crippen molar-refractivity contribution < 1.29 is 13.7 Å². The lowest BCUT2D eigenvalue weighted by Gasteiger charge is -2.33. The van der Waals surface area contributed by atoms with Crippen LogP contribution in [0.1, 0.15) is 11.6 Å². The Kier molecular flexibility index (Phi) is 4.39. The average Bonchev–Trinajstić information content (AvgIpc) is 2.42. The largest absolute Gasteiger partial charge is 0.314 e. The Morgan fingerprint density at radius 1 is 1.42 bits per heavy atom. The fourth-order valence-electron chi connectivity index (χ4n) is 2.33. The number of nitrogens with zero attached hydrogens (tertiary/aromatic N) is 2. The Balaban J connectivity index is 2.34. The highest BCUT2D eigenvalue weighted by atomic mass is 19.1. The van der Waals surface area contributed by atoms with Gasteiger partial charge < -0.3 is 5.32 Å². The van der Waals surface area contributed by atoms with Crippen molar-refractivity contribution in [1.29, 1.82) is 0 Å². The van der Waals surface area contributed by atoms with E-state index in [1.165, 1.54) is 6.07 Å². The summed E-state index contributed by atoms with van der Waals surface area (Å²) in [6.45, 7) is 1.93. The van der Waals surface area contributed by atoms with Gasteiger partial charge >= 0.3 is 0 Å². The van der Waals surface area contributed by atoms with Crippen molar-refractivity contribution in [3.63, 3.8) is 0 Å². The van der Waals surface area contributed by atoms with Gasteiger partial charge in [-0.05, 0) is 12.1 Å². The minimum atomic E-state index is -0.730. The number of nitrogens with one attached hydrogen (secondary N) is 1. The van der Waals surface area contributed by atoms with Crippen molar-refractivity contribution in [3.05, 3.63) is 39.7 Å². The summed E-state index contributed by atoms with van der Waals surface area (Å²) >= 11 is 0. The molecule has 0 aromatic heterocycles. The zero-order valence-electron chi connectivity index (χ0n) is 10.3. The van der Waals surface area contributed by atoms with Gasteiger partial charge in [0, 0.05) is 31.7 Å². The van der Waals surface area contributed by atoms with Crippen molar-refractivity contribution in [1.82, 2.24) is 10.2 Å². The molecule has 1 N–H and O–H groups in total. The van der Waals surface area contributed by atoms with Gasteiger partial charge in [0.15, 0.2) is 0 Å². The third kappa shape index (κ3) is 3.05. The molecule has 1 saturated heterocycles. The maximum Gasteiger partial charge on any atom is 0.277 e. The van der Waals surface area contributed by atoms with Gasteiger partial charge in [-0.15, -0.1) is 0 Å². The van der Waals surface area contributed by atoms with Gasteiger partial charge in [-0.3, -0.25) is 15.0 Å². The SMILES string of the molecule is O=[N+]([O-])c1cc(F)ccc1[C@H](CF)N1CCNCC1. The van der Waals surface area contributed by atoms with Crippen LogP contribution in [0.15, 0.2) is 18.2 Å². The Bertz CT molecular complexity index is 464. The number of hydrogen-bond acceptors (Lipinski definition) is 4. The first-order valence-electron chi connectivity index (χ1n) is 6.08. The third-order valence-electron chi connectivity index (χ3n) is 3.29. The summed E-state index contributed by atoms with van der Waals surface area (Å²) in [4.78, 5) is 12.1. The van der Waals surface area contributed by atoms with E-state index in [2.05, 4.69) is 5.32 Å². The highest BCUT2D eigenvalue weighted by Crippen LogP contribution is 2.30. The number of alkyl halides is 1. The average molecular weight is 271 g/mol. The minimum absolute atomic E-state index is 0.232. The van der Waals surface area contributed by atoms with Crippen LogP contribution < -0.4 is 5.32 Å². The molecule has 19 heavy (non-hydrogen) atoms. The summed E-state index contributed by atoms with van der Waals surface area (Å²) in [7, 11) is 0. The second-order valence-electron chi connectivity index (χ2n) is 4.42. The summed E-state index contributed by atoms with van der Waals surface area (Å²) in [5, 5.41) is 14.1. The van der Waals surface area contributed by atoms with Crippen LogP contribution in [-0.4, -0.2) is 42.7 Å². The highest BCUT2D eigenvalue weighted by Gasteiger charge is 2.28. The molecule has 0 amide bonds. The molecule has 0 saturated carbocycles. The first-order valence-corrected chi connectivity index (χ1v) is 6.08. The molecule has 7 heteroatoms. The van der Waals surface area contributed by atoms with Gasteiger partial charge in [0.1, 0.15) is 12.5 Å². The standard InChI is InChI=1S/C12H15F2N3O2/c13-8-12(16-5-3-15-4-6-16)10-2-1-9(14)7-11(10)17(18)19/h1-2,7,12,15H,3-6,8H2/t12-/m0/s1. The third-order valence-corrected chi connectivity index (χ3v) is 3.29. The van der Waals surface area contributed by atoms with E-state index in [-0.39, 0.29) is 11.3 Å². The van der Waals surface area contributed by atoms with Gasteiger partial charge in [0.05, 0.1) is 17.0 Å². The molecule has 1 aromatic carbocycles. The summed E-state index contributed by atoms with van der Waals surface area (Å²) in [6, 6.07) is 2.59. The molecule has 1 atom stereocenters. The lowest BCUT2D eigenvalue weighted by molar-refractivity contribution is -0.386. The molecule has 1 aliphatic rings. The monoisotopic (exact) mass is 271 g/mol. The Labute approximate surface area is 109 Å². The van der Waals surface area contributed by atoms with Crippen LogP contribution >= 0.6 is 0 Å². The van der Waals surface area contributed by atoms with Gasteiger partial charge in [0.25, 0.3) is 5.69 Å². The molecule has 0 radical (unpaired) electrons. The molecule has 5 nitrogen and oxygen atoms in total. The van der Waals surface area contributed by atoms with E-state index in [1.54, 1.807) is 0 Å². The summed E-state index contributed by atoms with van der Waals surface area (Å²) in [5.74, 6) is -0.687. The first-order chi connectivity index (χ1) is 9.13. The predicted molar refractivity (Wildman–Crippen MR) is 66.2 cm³/mol. The van der Waals surface area contributed by atoms with Crippen LogP contribution in [0.5, 0.6) is 0 Å². The van der Waals surface area contributed by atoms with Crippen LogP contribution in [0.3, 0.4) is 0 Å². The second kappa shape index (κ2) is 6.03. The van der Waals surface area contributed by atoms with Crippen LogP contribution in [0.4, 0.5) is 14.5 Å². The molecule has 2 rings (SSSR count). The number of benzene rings is 1. The van der Waals surface area contributed by atoms with Crippen molar-refractivity contribution in [2.75, 3.05) is 32.9 Å². The van der Waals surface area contributed by atoms with Crippen molar-refractivity contribution in [2.24, 2.45) is 0 Å². The van der Waals surface area contributed by atoms with Gasteiger partial charge in [-0.1, -0.05) is 0 Å². The molecular weight excluding hydrogens is 256 g/mol. The Morgan fingerprint density at radius 2 is 2.11 bits per heavy atom. The molecule has 1 aliphatic heterocycles. The highest BCUT2D eigenvalue weighted by molar-refractivity contribution is 5.42. The molecule has 0 unspecified atom stereocenters. The van der Waals surface area contributed by atoms with E-state index in [4.69, 9.17) is 0 Å². The van der Waals surface area contributed by atoms with Crippen LogP contribution in [-0.2, 0) is 0 Å². The fraction of sp³-hybridized carbons (Fsp3) is 0.500. The molecule has 0 aliphatic carbocycles. The van der Waals surface area contributed by atoms with E-state index < -0.39 is 23.5 Å². The van der Waals surface area contributed by atoms with Crippen molar-refractivity contribution in [3.8, 4) is 0 Å². The molecule has 0 bridgehead atoms. The summed E-state index contributed by atoms with van der Waals surface area (Å²) < 4.78 is 26.4. The molecular formula is C12H15F2N3O2. The zero-order valence-corrected chi connectivity index (χ0v) is 10.3. The smallest absolute Gasteiger partial charge is 0.277 e. The lowest BCUT2D eigenvalue weighted by atomic mass is 10.0. The fourth-order valence-corrected chi connectivity index (χ4v) is 2.33. The van der Waals surface area contributed by atoms with E-state index in [9.17, 15) is 18.9 Å². The van der Waals surface area contributed by atoms with E-state index in [0.29, 0.717) is 26.2 Å². The van der Waals surface area contributed by atoms with Crippen LogP contribution in [0.2, 0.25) is 0 Å². The summed E-state index contributed by atoms with van der Waals surface area (Å²) in [5.41, 5.74) is -0.128. The van der Waals surface area contributed by atoms with Crippen LogP contribution in [0, 0.1) is 15.9 Å². The van der Waals surface area contributed by atoms with E-state index >= 15 is 0 Å². The van der Waals surface area contributed by atoms with Gasteiger partial charge in [-0.25, -0.2) is 8.78 Å². The molecule has 1 aromatic rings. The van der Waals surface area contributed by atoms with Crippen LogP contribution in [0.25, 0.3) is 0 Å². The van der Waals surface area contributed by atoms with E-state index in [0.717, 1.165) is 12.1 Å². The quantitative estimate of drug-likeness (QED) is 0.668. The Morgan fingerprint density at radius 3 is 2.68 bits per heavy atom. The number of piperazine rings is 1. The first kappa shape index (κ1) is 13.8. The van der Waals surface area contributed by atoms with Gasteiger partial charge in [-0.2, -0.15) is 0 Å². The van der Waals surface area contributed by atoms with Crippen molar-refractivity contribution >= 4 is 5.69 Å². The normalized spacial score (nSPS) is 18.2. The topological polar surface area (TPSA) is 58.4 Å². The van der Waals surface area contributed by atoms with Gasteiger partial charge in [0.2, 0.25) is 0 Å². The summed E-state index contributed by atoms with van der Waals surface area (Å²) in [6.07, 6.45) is 0. The van der Waals surface area contributed by atoms with E-state index in [1.807, 2.05) is 4.90 Å². The maximum absolute atomic E-state index is 13.3.